The summed E-state index contributed by atoms with van der Waals surface area (Å²) in [4.78, 5) is 12.9. The lowest BCUT2D eigenvalue weighted by Crippen LogP contribution is -2.14. The minimum atomic E-state index is -0.516. The van der Waals surface area contributed by atoms with E-state index in [1.165, 1.54) is 6.08 Å². The van der Waals surface area contributed by atoms with E-state index < -0.39 is 5.91 Å². The molecular weight excluding hydrogens is 711 g/mol. The number of hydrogen-bond donors (Lipinski definition) is 1. The molecule has 0 aromatic heterocycles. The summed E-state index contributed by atoms with van der Waals surface area (Å²) in [6.45, 7) is 2.32. The van der Waals surface area contributed by atoms with Gasteiger partial charge in [-0.1, -0.05) is 42.5 Å². The number of carbonyl (C=O) groups is 1. The van der Waals surface area contributed by atoms with E-state index in [9.17, 15) is 10.1 Å². The van der Waals surface area contributed by atoms with Gasteiger partial charge in [0.15, 0.2) is 11.5 Å². The highest BCUT2D eigenvalue weighted by Gasteiger charge is 2.17. The molecule has 1 N–H and O–H groups in total. The third-order valence-electron chi connectivity index (χ3n) is 5.60. The van der Waals surface area contributed by atoms with Crippen LogP contribution in [-0.2, 0) is 11.4 Å². The Kier molecular flexibility index (Phi) is 8.90. The summed E-state index contributed by atoms with van der Waals surface area (Å²) in [5.74, 6) is 0.599. The van der Waals surface area contributed by atoms with Crippen LogP contribution in [0.1, 0.15) is 16.7 Å². The summed E-state index contributed by atoms with van der Waals surface area (Å²) in [6.07, 6.45) is 1.53. The lowest BCUT2D eigenvalue weighted by molar-refractivity contribution is -0.112. The number of nitrogens with zero attached hydrogens (tertiary/aromatic N) is 1. The Morgan fingerprint density at radius 1 is 1.08 bits per heavy atom. The standard InChI is InChI=1S/C29H21Br2IN2O3/c1-17-10-23(30)27(24(31)11-17)34-29(35)21(15-33)12-18-13-25(32)28(26(14-18)36-2)37-16-20-8-5-7-19-6-3-4-9-22(19)20/h3-14H,16H2,1-2H3,(H,34,35)/b21-12+. The quantitative estimate of drug-likeness (QED) is 0.118. The van der Waals surface area contributed by atoms with Gasteiger partial charge in [-0.15, -0.1) is 0 Å². The minimum absolute atomic E-state index is 0.0401. The maximum atomic E-state index is 12.9. The number of amides is 1. The number of anilines is 1. The Labute approximate surface area is 245 Å². The highest BCUT2D eigenvalue weighted by molar-refractivity contribution is 14.1. The van der Waals surface area contributed by atoms with Crippen LogP contribution in [0.3, 0.4) is 0 Å². The first kappa shape index (κ1) is 27.2. The normalized spacial score (nSPS) is 11.2. The Morgan fingerprint density at radius 2 is 1.78 bits per heavy atom. The van der Waals surface area contributed by atoms with Gasteiger partial charge in [0.2, 0.25) is 0 Å². The predicted molar refractivity (Wildman–Crippen MR) is 163 cm³/mol. The van der Waals surface area contributed by atoms with Gasteiger partial charge in [-0.3, -0.25) is 4.79 Å². The molecule has 8 heteroatoms. The van der Waals surface area contributed by atoms with Crippen molar-refractivity contribution >= 4 is 82.9 Å². The molecule has 0 bridgehead atoms. The first-order valence-corrected chi connectivity index (χ1v) is 13.8. The topological polar surface area (TPSA) is 71.3 Å². The number of fused-ring (bicyclic) bond motifs is 1. The predicted octanol–water partition coefficient (Wildman–Crippen LogP) is 8.41. The maximum absolute atomic E-state index is 12.9. The SMILES string of the molecule is COc1cc(/C=C(\C#N)C(=O)Nc2c(Br)cc(C)cc2Br)cc(I)c1OCc1cccc2ccccc12. The van der Waals surface area contributed by atoms with E-state index in [0.29, 0.717) is 38.3 Å². The molecule has 0 aliphatic rings. The van der Waals surface area contributed by atoms with Crippen LogP contribution in [0.5, 0.6) is 11.5 Å². The third kappa shape index (κ3) is 6.35. The van der Waals surface area contributed by atoms with E-state index in [-0.39, 0.29) is 5.57 Å². The van der Waals surface area contributed by atoms with Crippen LogP contribution >= 0.6 is 54.5 Å². The molecule has 0 fully saturated rings. The van der Waals surface area contributed by atoms with Crippen molar-refractivity contribution in [2.75, 3.05) is 12.4 Å². The van der Waals surface area contributed by atoms with Crippen molar-refractivity contribution in [3.8, 4) is 17.6 Å². The number of aryl methyl sites for hydroxylation is 1. The van der Waals surface area contributed by atoms with E-state index in [2.05, 4.69) is 78.0 Å². The summed E-state index contributed by atoms with van der Waals surface area (Å²) in [5.41, 5.74) is 3.25. The number of rotatable bonds is 7. The molecule has 1 amide bonds. The number of halogens is 3. The van der Waals surface area contributed by atoms with E-state index in [1.54, 1.807) is 13.2 Å². The average Bonchev–Trinajstić information content (AvgIpc) is 2.88. The highest BCUT2D eigenvalue weighted by Crippen LogP contribution is 2.36. The summed E-state index contributed by atoms with van der Waals surface area (Å²) in [5, 5.41) is 14.8. The molecule has 0 aliphatic carbocycles. The summed E-state index contributed by atoms with van der Waals surface area (Å²) in [7, 11) is 1.56. The lowest BCUT2D eigenvalue weighted by atomic mass is 10.1. The number of carbonyl (C=O) groups excluding carboxylic acids is 1. The summed E-state index contributed by atoms with van der Waals surface area (Å²) < 4.78 is 14.0. The smallest absolute Gasteiger partial charge is 0.266 e. The molecule has 0 saturated carbocycles. The second kappa shape index (κ2) is 12.1. The van der Waals surface area contributed by atoms with E-state index in [0.717, 1.165) is 25.5 Å². The number of nitrogens with one attached hydrogen (secondary N) is 1. The molecule has 4 aromatic carbocycles. The molecule has 0 aliphatic heterocycles. The van der Waals surface area contributed by atoms with E-state index in [4.69, 9.17) is 9.47 Å². The molecule has 0 saturated heterocycles. The zero-order chi connectivity index (χ0) is 26.5. The molecule has 0 unspecified atom stereocenters. The van der Waals surface area contributed by atoms with Crippen molar-refractivity contribution in [2.45, 2.75) is 13.5 Å². The molecule has 5 nitrogen and oxygen atoms in total. The number of ether oxygens (including phenoxy) is 2. The first-order chi connectivity index (χ1) is 17.8. The fourth-order valence-corrected chi connectivity index (χ4v) is 6.24. The van der Waals surface area contributed by atoms with Gasteiger partial charge in [0.1, 0.15) is 18.2 Å². The van der Waals surface area contributed by atoms with Crippen LogP contribution in [0.4, 0.5) is 5.69 Å². The van der Waals surface area contributed by atoms with Crippen molar-refractivity contribution in [2.24, 2.45) is 0 Å². The second-order valence-electron chi connectivity index (χ2n) is 8.19. The number of nitriles is 1. The van der Waals surface area contributed by atoms with Gasteiger partial charge in [-0.2, -0.15) is 5.26 Å². The van der Waals surface area contributed by atoms with Crippen molar-refractivity contribution in [3.05, 3.63) is 102 Å². The van der Waals surface area contributed by atoms with Gasteiger partial charge in [0.05, 0.1) is 16.4 Å². The van der Waals surface area contributed by atoms with Crippen LogP contribution in [0, 0.1) is 21.8 Å². The summed E-state index contributed by atoms with van der Waals surface area (Å²) in [6, 6.07) is 23.7. The zero-order valence-electron chi connectivity index (χ0n) is 19.9. The largest absolute Gasteiger partial charge is 0.493 e. The Balaban J connectivity index is 1.58. The molecule has 0 radical (unpaired) electrons. The van der Waals surface area contributed by atoms with Crippen molar-refractivity contribution in [3.63, 3.8) is 0 Å². The van der Waals surface area contributed by atoms with Gasteiger partial charge in [-0.05, 0) is 119 Å². The summed E-state index contributed by atoms with van der Waals surface area (Å²) >= 11 is 9.11. The van der Waals surface area contributed by atoms with Gasteiger partial charge in [0.25, 0.3) is 5.91 Å². The molecule has 0 spiro atoms. The fraction of sp³-hybridized carbons (Fsp3) is 0.103. The molecule has 0 atom stereocenters. The Bertz CT molecular complexity index is 1550. The first-order valence-electron chi connectivity index (χ1n) is 11.2. The molecular formula is C29H21Br2IN2O3. The number of hydrogen-bond acceptors (Lipinski definition) is 4. The van der Waals surface area contributed by atoms with Crippen LogP contribution < -0.4 is 14.8 Å². The molecule has 0 heterocycles. The van der Waals surface area contributed by atoms with Gasteiger partial charge in [0, 0.05) is 8.95 Å². The van der Waals surface area contributed by atoms with Crippen molar-refractivity contribution < 1.29 is 14.3 Å². The molecule has 186 valence electrons. The number of benzene rings is 4. The zero-order valence-corrected chi connectivity index (χ0v) is 25.3. The van der Waals surface area contributed by atoms with Crippen LogP contribution in [0.2, 0.25) is 0 Å². The second-order valence-corrected chi connectivity index (χ2v) is 11.1. The third-order valence-corrected chi connectivity index (χ3v) is 7.66. The fourth-order valence-electron chi connectivity index (χ4n) is 3.85. The average molecular weight is 732 g/mol. The van der Waals surface area contributed by atoms with Crippen LogP contribution in [0.25, 0.3) is 16.8 Å². The van der Waals surface area contributed by atoms with Crippen LogP contribution in [-0.4, -0.2) is 13.0 Å². The Morgan fingerprint density at radius 3 is 2.49 bits per heavy atom. The minimum Gasteiger partial charge on any atom is -0.493 e. The molecule has 4 aromatic rings. The number of methoxy groups -OCH3 is 1. The maximum Gasteiger partial charge on any atom is 0.266 e. The van der Waals surface area contributed by atoms with Crippen molar-refractivity contribution in [1.29, 1.82) is 5.26 Å². The monoisotopic (exact) mass is 730 g/mol. The van der Waals surface area contributed by atoms with E-state index in [1.807, 2.05) is 55.5 Å². The van der Waals surface area contributed by atoms with Crippen LogP contribution in [0.15, 0.2) is 81.2 Å². The molecule has 4 rings (SSSR count). The van der Waals surface area contributed by atoms with Crippen molar-refractivity contribution in [1.82, 2.24) is 0 Å². The lowest BCUT2D eigenvalue weighted by Gasteiger charge is -2.15. The van der Waals surface area contributed by atoms with E-state index >= 15 is 0 Å². The van der Waals surface area contributed by atoms with Gasteiger partial charge < -0.3 is 14.8 Å². The molecule has 37 heavy (non-hydrogen) atoms. The van der Waals surface area contributed by atoms with Gasteiger partial charge in [-0.25, -0.2) is 0 Å². The Hall–Kier alpha value is -2.87. The van der Waals surface area contributed by atoms with Gasteiger partial charge >= 0.3 is 0 Å². The highest BCUT2D eigenvalue weighted by atomic mass is 127.